The summed E-state index contributed by atoms with van der Waals surface area (Å²) in [5, 5.41) is 16.5. The molecule has 0 unspecified atom stereocenters. The third-order valence-corrected chi connectivity index (χ3v) is 3.19. The lowest BCUT2D eigenvalue weighted by Gasteiger charge is -2.47. The smallest absolute Gasteiger partial charge is 0.329 e. The van der Waals surface area contributed by atoms with Crippen molar-refractivity contribution in [3.05, 3.63) is 17.8 Å². The van der Waals surface area contributed by atoms with Crippen LogP contribution in [0.3, 0.4) is 0 Å². The van der Waals surface area contributed by atoms with Crippen molar-refractivity contribution in [2.75, 3.05) is 38.7 Å². The highest BCUT2D eigenvalue weighted by molar-refractivity contribution is 5.91. The number of carbonyl (C=O) groups excluding carboxylic acids is 1. The van der Waals surface area contributed by atoms with Crippen LogP contribution in [0.2, 0.25) is 0 Å². The Balaban J connectivity index is 1.93. The van der Waals surface area contributed by atoms with Gasteiger partial charge in [-0.2, -0.15) is 0 Å². The molecule has 1 N–H and O–H groups in total. The molecule has 2 heterocycles. The third kappa shape index (κ3) is 3.46. The van der Waals surface area contributed by atoms with Gasteiger partial charge in [0.2, 0.25) is 0 Å². The number of hydrogen-bond acceptors (Lipinski definition) is 6. The van der Waals surface area contributed by atoms with Crippen LogP contribution < -0.4 is 4.90 Å². The minimum atomic E-state index is -0.985. The number of anilines is 1. The molecule has 0 spiro atoms. The van der Waals surface area contributed by atoms with Gasteiger partial charge in [0, 0.05) is 14.1 Å². The van der Waals surface area contributed by atoms with Gasteiger partial charge in [0.1, 0.15) is 12.2 Å². The number of rotatable bonds is 5. The van der Waals surface area contributed by atoms with Gasteiger partial charge in [0.05, 0.1) is 13.1 Å². The summed E-state index contributed by atoms with van der Waals surface area (Å²) < 4.78 is 5.32. The number of aliphatic carboxylic acids is 1. The zero-order valence-electron chi connectivity index (χ0n) is 12.2. The maximum absolute atomic E-state index is 11.7. The van der Waals surface area contributed by atoms with Gasteiger partial charge < -0.3 is 19.6 Å². The number of carbonyl (C=O) groups is 2. The summed E-state index contributed by atoms with van der Waals surface area (Å²) >= 11 is 0. The molecule has 114 valence electrons. The van der Waals surface area contributed by atoms with Gasteiger partial charge in [0.25, 0.3) is 5.91 Å². The van der Waals surface area contributed by atoms with E-state index in [1.54, 1.807) is 26.2 Å². The molecule has 1 aromatic rings. The SMILES string of the molecule is CN(C)C(=O)c1ccc(N2CC(C)(OCC(=O)O)C2)nn1. The van der Waals surface area contributed by atoms with E-state index in [1.165, 1.54) is 4.90 Å². The van der Waals surface area contributed by atoms with E-state index in [-0.39, 0.29) is 18.2 Å². The number of aromatic nitrogens is 2. The maximum Gasteiger partial charge on any atom is 0.329 e. The molecule has 1 amide bonds. The summed E-state index contributed by atoms with van der Waals surface area (Å²) in [5.74, 6) is -0.546. The maximum atomic E-state index is 11.7. The summed E-state index contributed by atoms with van der Waals surface area (Å²) in [6.07, 6.45) is 0. The predicted molar refractivity (Wildman–Crippen MR) is 74.3 cm³/mol. The minimum absolute atomic E-state index is 0.202. The number of nitrogens with zero attached hydrogens (tertiary/aromatic N) is 4. The monoisotopic (exact) mass is 294 g/mol. The Morgan fingerprint density at radius 2 is 2.05 bits per heavy atom. The Morgan fingerprint density at radius 3 is 2.52 bits per heavy atom. The highest BCUT2D eigenvalue weighted by Gasteiger charge is 2.41. The molecule has 21 heavy (non-hydrogen) atoms. The summed E-state index contributed by atoms with van der Waals surface area (Å²) in [6.45, 7) is 2.61. The van der Waals surface area contributed by atoms with Gasteiger partial charge in [-0.25, -0.2) is 4.79 Å². The van der Waals surface area contributed by atoms with E-state index in [1.807, 2.05) is 11.8 Å². The zero-order chi connectivity index (χ0) is 15.6. The summed E-state index contributed by atoms with van der Waals surface area (Å²) in [7, 11) is 3.30. The Morgan fingerprint density at radius 1 is 1.38 bits per heavy atom. The summed E-state index contributed by atoms with van der Waals surface area (Å²) in [6, 6.07) is 3.35. The Bertz CT molecular complexity index is 538. The van der Waals surface area contributed by atoms with Crippen LogP contribution in [-0.2, 0) is 9.53 Å². The van der Waals surface area contributed by atoms with Gasteiger partial charge in [-0.15, -0.1) is 10.2 Å². The topological polar surface area (TPSA) is 95.9 Å². The largest absolute Gasteiger partial charge is 0.480 e. The van der Waals surface area contributed by atoms with Crippen molar-refractivity contribution in [2.45, 2.75) is 12.5 Å². The van der Waals surface area contributed by atoms with Gasteiger partial charge in [-0.05, 0) is 19.1 Å². The van der Waals surface area contributed by atoms with Crippen LogP contribution in [0, 0.1) is 0 Å². The van der Waals surface area contributed by atoms with Gasteiger partial charge in [0.15, 0.2) is 11.5 Å². The quantitative estimate of drug-likeness (QED) is 0.807. The number of hydrogen-bond donors (Lipinski definition) is 1. The highest BCUT2D eigenvalue weighted by atomic mass is 16.5. The van der Waals surface area contributed by atoms with E-state index in [4.69, 9.17) is 9.84 Å². The average molecular weight is 294 g/mol. The predicted octanol–water partition coefficient (Wildman–Crippen LogP) is -0.142. The Kier molecular flexibility index (Phi) is 4.08. The van der Waals surface area contributed by atoms with Crippen LogP contribution in [0.5, 0.6) is 0 Å². The second-order valence-corrected chi connectivity index (χ2v) is 5.46. The average Bonchev–Trinajstić information content (AvgIpc) is 2.41. The molecule has 1 aliphatic rings. The van der Waals surface area contributed by atoms with E-state index in [0.29, 0.717) is 18.9 Å². The number of amides is 1. The fourth-order valence-electron chi connectivity index (χ4n) is 2.09. The fourth-order valence-corrected chi connectivity index (χ4v) is 2.09. The molecule has 1 aliphatic heterocycles. The van der Waals surface area contributed by atoms with Crippen molar-refractivity contribution in [2.24, 2.45) is 0 Å². The van der Waals surface area contributed by atoms with Gasteiger partial charge >= 0.3 is 5.97 Å². The van der Waals surface area contributed by atoms with E-state index in [2.05, 4.69) is 10.2 Å². The second-order valence-electron chi connectivity index (χ2n) is 5.46. The molecule has 8 nitrogen and oxygen atoms in total. The van der Waals surface area contributed by atoms with Crippen LogP contribution in [0.1, 0.15) is 17.4 Å². The molecule has 0 aliphatic carbocycles. The van der Waals surface area contributed by atoms with Crippen molar-refractivity contribution in [3.63, 3.8) is 0 Å². The van der Waals surface area contributed by atoms with Crippen LogP contribution in [0.25, 0.3) is 0 Å². The van der Waals surface area contributed by atoms with E-state index in [9.17, 15) is 9.59 Å². The molecular weight excluding hydrogens is 276 g/mol. The lowest BCUT2D eigenvalue weighted by molar-refractivity contribution is -0.150. The molecule has 0 atom stereocenters. The number of carboxylic acid groups (broad SMARTS) is 1. The van der Waals surface area contributed by atoms with Crippen LogP contribution in [-0.4, -0.2) is 71.5 Å². The molecular formula is C13H18N4O4. The van der Waals surface area contributed by atoms with Crippen LogP contribution in [0.15, 0.2) is 12.1 Å². The Hall–Kier alpha value is -2.22. The standard InChI is InChI=1S/C13H18N4O4/c1-13(21-6-11(18)19)7-17(8-13)10-5-4-9(14-15-10)12(20)16(2)3/h4-5H,6-8H2,1-3H3,(H,18,19). The molecule has 1 saturated heterocycles. The molecule has 1 aromatic heterocycles. The summed E-state index contributed by atoms with van der Waals surface area (Å²) in [5.41, 5.74) is -0.202. The number of carboxylic acids is 1. The molecule has 0 radical (unpaired) electrons. The number of ether oxygens (including phenoxy) is 1. The van der Waals surface area contributed by atoms with Crippen molar-refractivity contribution in [1.29, 1.82) is 0 Å². The first-order chi connectivity index (χ1) is 9.81. The molecule has 0 bridgehead atoms. The molecule has 0 aromatic carbocycles. The van der Waals surface area contributed by atoms with Crippen LogP contribution in [0.4, 0.5) is 5.82 Å². The Labute approximate surface area is 122 Å². The second kappa shape index (κ2) is 5.65. The van der Waals surface area contributed by atoms with Gasteiger partial charge in [-0.3, -0.25) is 4.79 Å². The van der Waals surface area contributed by atoms with Crippen molar-refractivity contribution in [3.8, 4) is 0 Å². The third-order valence-electron chi connectivity index (χ3n) is 3.19. The first kappa shape index (κ1) is 15.2. The minimum Gasteiger partial charge on any atom is -0.480 e. The lowest BCUT2D eigenvalue weighted by Crippen LogP contribution is -2.62. The van der Waals surface area contributed by atoms with E-state index in [0.717, 1.165) is 0 Å². The molecule has 1 fully saturated rings. The van der Waals surface area contributed by atoms with Crippen molar-refractivity contribution >= 4 is 17.7 Å². The molecule has 2 rings (SSSR count). The fraction of sp³-hybridized carbons (Fsp3) is 0.538. The van der Waals surface area contributed by atoms with E-state index >= 15 is 0 Å². The van der Waals surface area contributed by atoms with Crippen molar-refractivity contribution in [1.82, 2.24) is 15.1 Å². The first-order valence-corrected chi connectivity index (χ1v) is 6.47. The lowest BCUT2D eigenvalue weighted by atomic mass is 9.96. The zero-order valence-corrected chi connectivity index (χ0v) is 12.2. The first-order valence-electron chi connectivity index (χ1n) is 6.47. The highest BCUT2D eigenvalue weighted by Crippen LogP contribution is 2.28. The van der Waals surface area contributed by atoms with Gasteiger partial charge in [-0.1, -0.05) is 0 Å². The molecule has 0 saturated carbocycles. The van der Waals surface area contributed by atoms with Crippen molar-refractivity contribution < 1.29 is 19.4 Å². The molecule has 8 heteroatoms. The van der Waals surface area contributed by atoms with E-state index < -0.39 is 11.6 Å². The summed E-state index contributed by atoms with van der Waals surface area (Å²) in [4.78, 5) is 25.5. The normalized spacial score (nSPS) is 16.2. The van der Waals surface area contributed by atoms with Crippen LogP contribution >= 0.6 is 0 Å².